The average molecular weight is 290 g/mol. The maximum atomic E-state index is 12.8. The van der Waals surface area contributed by atoms with E-state index in [1.807, 2.05) is 0 Å². The van der Waals surface area contributed by atoms with Gasteiger partial charge in [-0.3, -0.25) is 4.79 Å². The summed E-state index contributed by atoms with van der Waals surface area (Å²) in [7, 11) is 1.60. The van der Waals surface area contributed by atoms with Crippen LogP contribution in [-0.2, 0) is 4.79 Å². The molecule has 0 heterocycles. The van der Waals surface area contributed by atoms with Crippen LogP contribution in [0.25, 0.3) is 0 Å². The van der Waals surface area contributed by atoms with Crippen LogP contribution in [-0.4, -0.2) is 13.0 Å². The number of benzene rings is 1. The Kier molecular flexibility index (Phi) is 4.76. The molecule has 0 radical (unpaired) electrons. The SMILES string of the molecule is COc1ccc(N)cc1NC(=O)C1(CC(C)C)CCCC1. The van der Waals surface area contributed by atoms with Crippen molar-refractivity contribution in [1.29, 1.82) is 0 Å². The Morgan fingerprint density at radius 3 is 2.62 bits per heavy atom. The van der Waals surface area contributed by atoms with Gasteiger partial charge in [0.15, 0.2) is 0 Å². The van der Waals surface area contributed by atoms with Crippen molar-refractivity contribution >= 4 is 17.3 Å². The lowest BCUT2D eigenvalue weighted by molar-refractivity contribution is -0.126. The van der Waals surface area contributed by atoms with Crippen LogP contribution in [0.2, 0.25) is 0 Å². The molecule has 1 aliphatic carbocycles. The van der Waals surface area contributed by atoms with Crippen LogP contribution in [0.5, 0.6) is 5.75 Å². The van der Waals surface area contributed by atoms with E-state index in [4.69, 9.17) is 10.5 Å². The van der Waals surface area contributed by atoms with Crippen LogP contribution < -0.4 is 15.8 Å². The van der Waals surface area contributed by atoms with Crippen LogP contribution in [0.4, 0.5) is 11.4 Å². The van der Waals surface area contributed by atoms with Crippen molar-refractivity contribution in [3.8, 4) is 5.75 Å². The van der Waals surface area contributed by atoms with Crippen molar-refractivity contribution < 1.29 is 9.53 Å². The molecule has 1 fully saturated rings. The molecule has 1 aromatic rings. The van der Waals surface area contributed by atoms with Gasteiger partial charge in [-0.05, 0) is 43.4 Å². The highest BCUT2D eigenvalue weighted by Crippen LogP contribution is 2.44. The van der Waals surface area contributed by atoms with E-state index in [9.17, 15) is 4.79 Å². The van der Waals surface area contributed by atoms with E-state index in [2.05, 4.69) is 19.2 Å². The number of carbonyl (C=O) groups is 1. The van der Waals surface area contributed by atoms with Crippen molar-refractivity contribution in [1.82, 2.24) is 0 Å². The number of hydrogen-bond acceptors (Lipinski definition) is 3. The van der Waals surface area contributed by atoms with E-state index >= 15 is 0 Å². The smallest absolute Gasteiger partial charge is 0.230 e. The second-order valence-corrected chi connectivity index (χ2v) is 6.50. The number of anilines is 2. The Labute approximate surface area is 127 Å². The molecule has 21 heavy (non-hydrogen) atoms. The highest BCUT2D eigenvalue weighted by molar-refractivity contribution is 5.97. The van der Waals surface area contributed by atoms with E-state index in [0.29, 0.717) is 23.0 Å². The van der Waals surface area contributed by atoms with Crippen LogP contribution in [0.3, 0.4) is 0 Å². The third-order valence-electron chi connectivity index (χ3n) is 4.31. The lowest BCUT2D eigenvalue weighted by Gasteiger charge is -2.29. The number of amides is 1. The van der Waals surface area contributed by atoms with E-state index in [0.717, 1.165) is 32.1 Å². The van der Waals surface area contributed by atoms with Gasteiger partial charge in [0.2, 0.25) is 5.91 Å². The Morgan fingerprint density at radius 2 is 2.05 bits per heavy atom. The van der Waals surface area contributed by atoms with Crippen LogP contribution in [0.15, 0.2) is 18.2 Å². The topological polar surface area (TPSA) is 64.3 Å². The molecule has 0 aromatic heterocycles. The maximum absolute atomic E-state index is 12.8. The first-order valence-corrected chi connectivity index (χ1v) is 7.72. The minimum atomic E-state index is -0.232. The number of methoxy groups -OCH3 is 1. The molecule has 1 saturated carbocycles. The molecule has 2 rings (SSSR count). The predicted molar refractivity (Wildman–Crippen MR) is 86.4 cm³/mol. The summed E-state index contributed by atoms with van der Waals surface area (Å²) < 4.78 is 5.31. The monoisotopic (exact) mass is 290 g/mol. The van der Waals surface area contributed by atoms with Crippen molar-refractivity contribution in [2.24, 2.45) is 11.3 Å². The molecule has 0 bridgehead atoms. The number of nitrogens with one attached hydrogen (secondary N) is 1. The Hall–Kier alpha value is -1.71. The number of ether oxygens (including phenoxy) is 1. The van der Waals surface area contributed by atoms with Gasteiger partial charge < -0.3 is 15.8 Å². The van der Waals surface area contributed by atoms with E-state index in [-0.39, 0.29) is 11.3 Å². The first-order chi connectivity index (χ1) is 9.97. The van der Waals surface area contributed by atoms with Gasteiger partial charge >= 0.3 is 0 Å². The summed E-state index contributed by atoms with van der Waals surface area (Å²) >= 11 is 0. The molecule has 0 aliphatic heterocycles. The van der Waals surface area contributed by atoms with Crippen LogP contribution >= 0.6 is 0 Å². The zero-order valence-electron chi connectivity index (χ0n) is 13.2. The zero-order valence-corrected chi connectivity index (χ0v) is 13.2. The largest absolute Gasteiger partial charge is 0.495 e. The second-order valence-electron chi connectivity index (χ2n) is 6.50. The van der Waals surface area contributed by atoms with Gasteiger partial charge in [-0.25, -0.2) is 0 Å². The van der Waals surface area contributed by atoms with Crippen molar-refractivity contribution in [3.05, 3.63) is 18.2 Å². The number of hydrogen-bond donors (Lipinski definition) is 2. The van der Waals surface area contributed by atoms with E-state index in [1.54, 1.807) is 25.3 Å². The molecule has 0 saturated heterocycles. The molecule has 1 amide bonds. The summed E-state index contributed by atoms with van der Waals surface area (Å²) in [6.07, 6.45) is 5.15. The lowest BCUT2D eigenvalue weighted by Crippen LogP contribution is -2.35. The first kappa shape index (κ1) is 15.7. The maximum Gasteiger partial charge on any atom is 0.230 e. The quantitative estimate of drug-likeness (QED) is 0.810. The minimum Gasteiger partial charge on any atom is -0.495 e. The van der Waals surface area contributed by atoms with E-state index < -0.39 is 0 Å². The molecule has 0 atom stereocenters. The summed E-state index contributed by atoms with van der Waals surface area (Å²) in [5.74, 6) is 1.27. The van der Waals surface area contributed by atoms with Gasteiger partial charge in [0.25, 0.3) is 0 Å². The first-order valence-electron chi connectivity index (χ1n) is 7.72. The normalized spacial score (nSPS) is 17.0. The summed E-state index contributed by atoms with van der Waals surface area (Å²) in [5.41, 5.74) is 6.87. The molecule has 4 nitrogen and oxygen atoms in total. The van der Waals surface area contributed by atoms with Gasteiger partial charge in [-0.15, -0.1) is 0 Å². The second kappa shape index (κ2) is 6.37. The molecule has 1 aliphatic rings. The van der Waals surface area contributed by atoms with Crippen molar-refractivity contribution in [2.45, 2.75) is 46.0 Å². The average Bonchev–Trinajstić information content (AvgIpc) is 2.88. The van der Waals surface area contributed by atoms with Crippen molar-refractivity contribution in [3.63, 3.8) is 0 Å². The molecular formula is C17H26N2O2. The predicted octanol–water partition coefficient (Wildman–Crippen LogP) is 3.82. The zero-order chi connectivity index (χ0) is 15.5. The highest BCUT2D eigenvalue weighted by atomic mass is 16.5. The number of carbonyl (C=O) groups excluding carboxylic acids is 1. The minimum absolute atomic E-state index is 0.109. The third kappa shape index (κ3) is 3.49. The number of rotatable bonds is 5. The number of nitrogen functional groups attached to an aromatic ring is 1. The standard InChI is InChI=1S/C17H26N2O2/c1-12(2)11-17(8-4-5-9-17)16(20)19-14-10-13(18)6-7-15(14)21-3/h6-7,10,12H,4-5,8-9,11,18H2,1-3H3,(H,19,20). The van der Waals surface area contributed by atoms with Gasteiger partial charge in [0.1, 0.15) is 5.75 Å². The summed E-state index contributed by atoms with van der Waals surface area (Å²) in [4.78, 5) is 12.8. The van der Waals surface area contributed by atoms with Crippen LogP contribution in [0, 0.1) is 11.3 Å². The highest BCUT2D eigenvalue weighted by Gasteiger charge is 2.41. The molecule has 0 spiro atoms. The lowest BCUT2D eigenvalue weighted by atomic mass is 9.77. The Balaban J connectivity index is 2.21. The Bertz CT molecular complexity index is 506. The summed E-state index contributed by atoms with van der Waals surface area (Å²) in [5, 5.41) is 3.05. The molecule has 0 unspecified atom stereocenters. The van der Waals surface area contributed by atoms with Crippen molar-refractivity contribution in [2.75, 3.05) is 18.2 Å². The molecular weight excluding hydrogens is 264 g/mol. The van der Waals surface area contributed by atoms with E-state index in [1.165, 1.54) is 0 Å². The fourth-order valence-corrected chi connectivity index (χ4v) is 3.44. The fourth-order valence-electron chi connectivity index (χ4n) is 3.44. The van der Waals surface area contributed by atoms with Crippen LogP contribution in [0.1, 0.15) is 46.0 Å². The molecule has 1 aromatic carbocycles. The summed E-state index contributed by atoms with van der Waals surface area (Å²) in [6.45, 7) is 4.35. The summed E-state index contributed by atoms with van der Waals surface area (Å²) in [6, 6.07) is 5.32. The fraction of sp³-hybridized carbons (Fsp3) is 0.588. The number of nitrogens with two attached hydrogens (primary N) is 1. The van der Waals surface area contributed by atoms with Gasteiger partial charge in [-0.1, -0.05) is 26.7 Å². The Morgan fingerprint density at radius 1 is 1.38 bits per heavy atom. The van der Waals surface area contributed by atoms with Gasteiger partial charge in [0, 0.05) is 11.1 Å². The molecule has 116 valence electrons. The molecule has 4 heteroatoms. The van der Waals surface area contributed by atoms with Gasteiger partial charge in [0.05, 0.1) is 12.8 Å². The third-order valence-corrected chi connectivity index (χ3v) is 4.31. The molecule has 3 N–H and O–H groups in total. The van der Waals surface area contributed by atoms with Gasteiger partial charge in [-0.2, -0.15) is 0 Å².